The van der Waals surface area contributed by atoms with E-state index in [-0.39, 0.29) is 5.75 Å². The number of nitrogens with zero attached hydrogens (tertiary/aromatic N) is 6. The van der Waals surface area contributed by atoms with Crippen LogP contribution < -0.4 is 15.2 Å². The second kappa shape index (κ2) is 8.75. The number of aromatic amines is 1. The van der Waals surface area contributed by atoms with Gasteiger partial charge < -0.3 is 19.3 Å². The van der Waals surface area contributed by atoms with Crippen LogP contribution in [0.1, 0.15) is 22.6 Å². The summed E-state index contributed by atoms with van der Waals surface area (Å²) >= 11 is 6.42. The summed E-state index contributed by atoms with van der Waals surface area (Å²) < 4.78 is 6.61. The molecule has 34 heavy (non-hydrogen) atoms. The maximum Gasteiger partial charge on any atom is 0.341 e. The van der Waals surface area contributed by atoms with Crippen LogP contribution in [0.5, 0.6) is 5.75 Å². The van der Waals surface area contributed by atoms with Crippen molar-refractivity contribution in [1.29, 1.82) is 0 Å². The van der Waals surface area contributed by atoms with E-state index in [1.165, 1.54) is 4.57 Å². The molecule has 2 N–H and O–H groups in total. The molecule has 0 unspecified atom stereocenters. The Labute approximate surface area is 198 Å². The predicted molar refractivity (Wildman–Crippen MR) is 123 cm³/mol. The number of nitrogens with one attached hydrogen (secondary N) is 1. The lowest BCUT2D eigenvalue weighted by Crippen LogP contribution is -2.32. The number of benzene rings is 1. The fourth-order valence-electron chi connectivity index (χ4n) is 3.99. The Balaban J connectivity index is 1.43. The summed E-state index contributed by atoms with van der Waals surface area (Å²) in [4.78, 5) is 34.4. The Hall–Kier alpha value is -3.99. The van der Waals surface area contributed by atoms with Crippen molar-refractivity contribution in [1.82, 2.24) is 29.9 Å². The highest BCUT2D eigenvalue weighted by atomic mass is 35.5. The zero-order chi connectivity index (χ0) is 23.8. The number of halogens is 1. The van der Waals surface area contributed by atoms with Gasteiger partial charge in [-0.25, -0.2) is 14.8 Å². The molecule has 0 bridgehead atoms. The van der Waals surface area contributed by atoms with E-state index in [0.717, 1.165) is 35.3 Å². The number of ether oxygens (including phenoxy) is 1. The van der Waals surface area contributed by atoms with Gasteiger partial charge in [-0.15, -0.1) is 0 Å². The van der Waals surface area contributed by atoms with Crippen LogP contribution in [0.4, 0.5) is 5.95 Å². The van der Waals surface area contributed by atoms with Crippen molar-refractivity contribution in [2.45, 2.75) is 19.4 Å². The maximum absolute atomic E-state index is 12.5. The normalized spacial score (nSPS) is 13.2. The van der Waals surface area contributed by atoms with Crippen molar-refractivity contribution in [2.75, 3.05) is 18.1 Å². The Kier molecular flexibility index (Phi) is 5.62. The number of rotatable bonds is 6. The fraction of sp³-hybridized carbons (Fsp3) is 0.273. The number of carbonyl (C=O) groups is 1. The van der Waals surface area contributed by atoms with E-state index in [1.807, 2.05) is 23.1 Å². The summed E-state index contributed by atoms with van der Waals surface area (Å²) in [5.41, 5.74) is 3.72. The molecule has 0 aliphatic carbocycles. The molecule has 11 nitrogen and oxygen atoms in total. The molecule has 0 fully saturated rings. The molecular weight excluding hydrogens is 462 g/mol. The lowest BCUT2D eigenvalue weighted by atomic mass is 10.1. The van der Waals surface area contributed by atoms with Gasteiger partial charge in [0, 0.05) is 31.8 Å². The second-order valence-corrected chi connectivity index (χ2v) is 8.39. The SMILES string of the molecule is Cn1c(=O)c(OCC(=O)O)cc2cc(Cc3nc(N4CCc5n[nH]nc5C4)ncc3Cl)ccc21. The highest BCUT2D eigenvalue weighted by Crippen LogP contribution is 2.25. The first-order chi connectivity index (χ1) is 16.4. The van der Waals surface area contributed by atoms with Crippen LogP contribution in [-0.4, -0.2) is 54.2 Å². The maximum atomic E-state index is 12.5. The topological polar surface area (TPSA) is 139 Å². The first-order valence-corrected chi connectivity index (χ1v) is 10.9. The van der Waals surface area contributed by atoms with Crippen LogP contribution in [0.15, 0.2) is 35.3 Å². The number of carboxylic acid groups (broad SMARTS) is 1. The minimum atomic E-state index is -1.15. The summed E-state index contributed by atoms with van der Waals surface area (Å²) in [6.07, 6.45) is 2.80. The number of aliphatic carboxylic acids is 1. The quantitative estimate of drug-likeness (QED) is 0.421. The molecule has 0 radical (unpaired) electrons. The molecule has 0 atom stereocenters. The Morgan fingerprint density at radius 3 is 2.91 bits per heavy atom. The molecule has 1 aliphatic rings. The van der Waals surface area contributed by atoms with Gasteiger partial charge >= 0.3 is 5.97 Å². The van der Waals surface area contributed by atoms with Gasteiger partial charge in [-0.1, -0.05) is 17.7 Å². The van der Waals surface area contributed by atoms with Crippen LogP contribution in [0.25, 0.3) is 10.9 Å². The largest absolute Gasteiger partial charge is 0.479 e. The highest BCUT2D eigenvalue weighted by Gasteiger charge is 2.22. The van der Waals surface area contributed by atoms with Gasteiger partial charge in [0.1, 0.15) is 5.69 Å². The van der Waals surface area contributed by atoms with Crippen molar-refractivity contribution < 1.29 is 14.6 Å². The van der Waals surface area contributed by atoms with Gasteiger partial charge in [0.15, 0.2) is 12.4 Å². The van der Waals surface area contributed by atoms with Crippen LogP contribution in [0.2, 0.25) is 5.02 Å². The predicted octanol–water partition coefficient (Wildman–Crippen LogP) is 1.72. The number of anilines is 1. The molecule has 1 aliphatic heterocycles. The molecule has 5 rings (SSSR count). The molecule has 174 valence electrons. The van der Waals surface area contributed by atoms with Crippen molar-refractivity contribution in [3.8, 4) is 5.75 Å². The summed E-state index contributed by atoms with van der Waals surface area (Å²) in [7, 11) is 1.62. The number of hydrogen-bond donors (Lipinski definition) is 2. The summed E-state index contributed by atoms with van der Waals surface area (Å²) in [5.74, 6) is -0.603. The third-order valence-electron chi connectivity index (χ3n) is 5.73. The molecule has 3 aromatic heterocycles. The van der Waals surface area contributed by atoms with Crippen molar-refractivity contribution in [2.24, 2.45) is 7.05 Å². The number of H-pyrrole nitrogens is 1. The van der Waals surface area contributed by atoms with E-state index in [4.69, 9.17) is 26.4 Å². The third kappa shape index (κ3) is 4.17. The van der Waals surface area contributed by atoms with Crippen molar-refractivity contribution in [3.05, 3.63) is 68.5 Å². The summed E-state index contributed by atoms with van der Waals surface area (Å²) in [5, 5.41) is 21.0. The average molecular weight is 482 g/mol. The zero-order valence-corrected chi connectivity index (χ0v) is 18.9. The fourth-order valence-corrected chi connectivity index (χ4v) is 4.15. The molecule has 0 saturated carbocycles. The molecule has 0 amide bonds. The number of carboxylic acids is 1. The molecule has 1 aromatic carbocycles. The number of pyridine rings is 1. The molecule has 12 heteroatoms. The third-order valence-corrected chi connectivity index (χ3v) is 6.04. The van der Waals surface area contributed by atoms with E-state index >= 15 is 0 Å². The second-order valence-electron chi connectivity index (χ2n) is 7.98. The molecule has 4 aromatic rings. The molecule has 4 heterocycles. The zero-order valence-electron chi connectivity index (χ0n) is 18.2. The standard InChI is InChI=1S/C22H20ClN7O4/c1-29-18-3-2-12(6-13(18)8-19(21(29)33)34-11-20(31)32)7-16-14(23)9-24-22(25-16)30-5-4-15-17(10-30)27-28-26-15/h2-3,6,8-9H,4-5,7,10-11H2,1H3,(H,31,32)(H,26,27,28). The summed E-state index contributed by atoms with van der Waals surface area (Å²) in [6.45, 7) is 0.700. The first kappa shape index (κ1) is 21.8. The van der Waals surface area contributed by atoms with Gasteiger partial charge in [-0.3, -0.25) is 4.79 Å². The van der Waals surface area contributed by atoms with Gasteiger partial charge in [-0.05, 0) is 23.8 Å². The Morgan fingerprint density at radius 2 is 2.09 bits per heavy atom. The van der Waals surface area contributed by atoms with Gasteiger partial charge in [0.05, 0.1) is 34.7 Å². The number of fused-ring (bicyclic) bond motifs is 2. The smallest absolute Gasteiger partial charge is 0.341 e. The van der Waals surface area contributed by atoms with E-state index in [0.29, 0.717) is 35.1 Å². The van der Waals surface area contributed by atoms with Gasteiger partial charge in [0.25, 0.3) is 5.56 Å². The Bertz CT molecular complexity index is 1470. The Morgan fingerprint density at radius 1 is 1.26 bits per heavy atom. The van der Waals surface area contributed by atoms with Gasteiger partial charge in [0.2, 0.25) is 5.95 Å². The van der Waals surface area contributed by atoms with Crippen molar-refractivity contribution in [3.63, 3.8) is 0 Å². The van der Waals surface area contributed by atoms with Gasteiger partial charge in [-0.2, -0.15) is 15.4 Å². The van der Waals surface area contributed by atoms with E-state index in [9.17, 15) is 9.59 Å². The number of aryl methyl sites for hydroxylation is 1. The lowest BCUT2D eigenvalue weighted by molar-refractivity contribution is -0.139. The minimum Gasteiger partial charge on any atom is -0.479 e. The van der Waals surface area contributed by atoms with Crippen LogP contribution in [-0.2, 0) is 31.2 Å². The van der Waals surface area contributed by atoms with Crippen LogP contribution in [0, 0.1) is 0 Å². The first-order valence-electron chi connectivity index (χ1n) is 10.5. The van der Waals surface area contributed by atoms with Crippen LogP contribution >= 0.6 is 11.6 Å². The molecule has 0 spiro atoms. The highest BCUT2D eigenvalue weighted by molar-refractivity contribution is 6.31. The minimum absolute atomic E-state index is 0.0192. The van der Waals surface area contributed by atoms with Crippen molar-refractivity contribution >= 4 is 34.4 Å². The van der Waals surface area contributed by atoms with E-state index in [2.05, 4.69) is 20.4 Å². The monoisotopic (exact) mass is 481 g/mol. The molecule has 0 saturated heterocycles. The van der Waals surface area contributed by atoms with E-state index in [1.54, 1.807) is 19.3 Å². The van der Waals surface area contributed by atoms with E-state index < -0.39 is 18.1 Å². The number of aromatic nitrogens is 6. The molecular formula is C22H20ClN7O4. The summed E-state index contributed by atoms with van der Waals surface area (Å²) in [6, 6.07) is 7.20. The van der Waals surface area contributed by atoms with Crippen LogP contribution in [0.3, 0.4) is 0 Å². The number of hydrogen-bond acceptors (Lipinski definition) is 8. The average Bonchev–Trinajstić information content (AvgIpc) is 3.30. The lowest BCUT2D eigenvalue weighted by Gasteiger charge is -2.25.